The first-order valence-electron chi connectivity index (χ1n) is 6.20. The Morgan fingerprint density at radius 2 is 2.17 bits per heavy atom. The van der Waals surface area contributed by atoms with Crippen LogP contribution < -0.4 is 5.32 Å². The zero-order chi connectivity index (χ0) is 13.3. The summed E-state index contributed by atoms with van der Waals surface area (Å²) in [5.41, 5.74) is 1.41. The van der Waals surface area contributed by atoms with Gasteiger partial charge in [0, 0.05) is 11.1 Å². The van der Waals surface area contributed by atoms with Gasteiger partial charge in [-0.1, -0.05) is 12.7 Å². The van der Waals surface area contributed by atoms with E-state index in [-0.39, 0.29) is 17.3 Å². The summed E-state index contributed by atoms with van der Waals surface area (Å²) in [5.74, 6) is -0.452. The number of benzene rings is 1. The number of carbonyl (C=O) groups excluding carboxylic acids is 1. The summed E-state index contributed by atoms with van der Waals surface area (Å²) in [5, 5.41) is 3.02. The number of halogens is 1. The second-order valence-electron chi connectivity index (χ2n) is 5.26. The Hall–Kier alpha value is -1.64. The molecule has 0 unspecified atom stereocenters. The third-order valence-corrected chi connectivity index (χ3v) is 3.67. The van der Waals surface area contributed by atoms with Crippen LogP contribution in [0.5, 0.6) is 0 Å². The van der Waals surface area contributed by atoms with E-state index >= 15 is 0 Å². The molecule has 2 nitrogen and oxygen atoms in total. The first kappa shape index (κ1) is 12.8. The quantitative estimate of drug-likeness (QED) is 0.870. The lowest BCUT2D eigenvalue weighted by Gasteiger charge is -2.39. The topological polar surface area (TPSA) is 29.1 Å². The molecule has 1 N–H and O–H groups in total. The van der Waals surface area contributed by atoms with Crippen LogP contribution in [-0.4, -0.2) is 11.4 Å². The molecule has 0 aromatic heterocycles. The lowest BCUT2D eigenvalue weighted by molar-refractivity contribution is 0.0850. The largest absolute Gasteiger partial charge is 0.347 e. The van der Waals surface area contributed by atoms with E-state index in [0.717, 1.165) is 19.3 Å². The maximum atomic E-state index is 13.4. The first-order chi connectivity index (χ1) is 8.45. The molecule has 0 radical (unpaired) electrons. The molecule has 0 saturated heterocycles. The normalized spacial score (nSPS) is 16.8. The third-order valence-electron chi connectivity index (χ3n) is 3.67. The van der Waals surface area contributed by atoms with Gasteiger partial charge in [0.05, 0.1) is 0 Å². The van der Waals surface area contributed by atoms with Crippen molar-refractivity contribution in [3.8, 4) is 0 Å². The molecule has 1 aliphatic carbocycles. The van der Waals surface area contributed by atoms with E-state index in [2.05, 4.69) is 11.9 Å². The molecule has 1 aromatic rings. The van der Waals surface area contributed by atoms with Crippen LogP contribution in [0.2, 0.25) is 0 Å². The Labute approximate surface area is 107 Å². The molecule has 0 heterocycles. The number of amides is 1. The predicted molar refractivity (Wildman–Crippen MR) is 71.0 cm³/mol. The van der Waals surface area contributed by atoms with Gasteiger partial charge >= 0.3 is 0 Å². The van der Waals surface area contributed by atoms with Crippen molar-refractivity contribution in [2.45, 2.75) is 38.6 Å². The van der Waals surface area contributed by atoms with Gasteiger partial charge in [0.1, 0.15) is 5.82 Å². The maximum Gasteiger partial charge on any atom is 0.252 e. The summed E-state index contributed by atoms with van der Waals surface area (Å²) in [7, 11) is 0. The van der Waals surface area contributed by atoms with Crippen LogP contribution in [0, 0.1) is 12.7 Å². The average Bonchev–Trinajstić information content (AvgIpc) is 2.29. The van der Waals surface area contributed by atoms with Crippen LogP contribution >= 0.6 is 0 Å². The van der Waals surface area contributed by atoms with Crippen molar-refractivity contribution in [2.75, 3.05) is 0 Å². The van der Waals surface area contributed by atoms with E-state index < -0.39 is 0 Å². The number of aryl methyl sites for hydroxylation is 1. The van der Waals surface area contributed by atoms with Crippen molar-refractivity contribution in [3.63, 3.8) is 0 Å². The van der Waals surface area contributed by atoms with Gasteiger partial charge < -0.3 is 5.32 Å². The van der Waals surface area contributed by atoms with E-state index in [0.29, 0.717) is 16.7 Å². The molecule has 0 aliphatic heterocycles. The molecule has 96 valence electrons. The van der Waals surface area contributed by atoms with Gasteiger partial charge in [-0.05, 0) is 56.4 Å². The molecule has 0 spiro atoms. The summed E-state index contributed by atoms with van der Waals surface area (Å²) in [6.07, 6.45) is 4.67. The van der Waals surface area contributed by atoms with Gasteiger partial charge in [0.2, 0.25) is 0 Å². The van der Waals surface area contributed by atoms with E-state index in [1.54, 1.807) is 13.0 Å². The fourth-order valence-electron chi connectivity index (χ4n) is 2.24. The van der Waals surface area contributed by atoms with Crippen molar-refractivity contribution in [1.29, 1.82) is 0 Å². The SMILES string of the molecule is C=Cc1cc(F)c(C)cc1C(=O)NC1(C)CCC1. The molecule has 0 bridgehead atoms. The van der Waals surface area contributed by atoms with E-state index in [9.17, 15) is 9.18 Å². The summed E-state index contributed by atoms with van der Waals surface area (Å²) >= 11 is 0. The van der Waals surface area contributed by atoms with E-state index in [4.69, 9.17) is 0 Å². The van der Waals surface area contributed by atoms with E-state index in [1.165, 1.54) is 12.1 Å². The smallest absolute Gasteiger partial charge is 0.252 e. The fraction of sp³-hybridized carbons (Fsp3) is 0.400. The number of hydrogen-bond acceptors (Lipinski definition) is 1. The van der Waals surface area contributed by atoms with Crippen molar-refractivity contribution in [1.82, 2.24) is 5.32 Å². The zero-order valence-corrected chi connectivity index (χ0v) is 10.8. The Morgan fingerprint density at radius 1 is 1.50 bits per heavy atom. The van der Waals surface area contributed by atoms with Gasteiger partial charge in [-0.25, -0.2) is 4.39 Å². The Bertz CT molecular complexity index is 503. The summed E-state index contributed by atoms with van der Waals surface area (Å²) in [6.45, 7) is 7.33. The van der Waals surface area contributed by atoms with Crippen LogP contribution in [-0.2, 0) is 0 Å². The molecule has 3 heteroatoms. The highest BCUT2D eigenvalue weighted by Gasteiger charge is 2.33. The third kappa shape index (κ3) is 2.30. The minimum atomic E-state index is -0.309. The lowest BCUT2D eigenvalue weighted by Crippen LogP contribution is -2.51. The standard InChI is InChI=1S/C15H18FNO/c1-4-11-9-13(16)10(2)8-12(11)14(18)17-15(3)6-5-7-15/h4,8-9H,1,5-7H2,2-3H3,(H,17,18). The average molecular weight is 247 g/mol. The second-order valence-corrected chi connectivity index (χ2v) is 5.26. The van der Waals surface area contributed by atoms with Gasteiger partial charge in [-0.3, -0.25) is 4.79 Å². The Kier molecular flexibility index (Phi) is 3.24. The molecule has 1 amide bonds. The van der Waals surface area contributed by atoms with Crippen LogP contribution in [0.15, 0.2) is 18.7 Å². The molecular weight excluding hydrogens is 229 g/mol. The highest BCUT2D eigenvalue weighted by atomic mass is 19.1. The zero-order valence-electron chi connectivity index (χ0n) is 10.8. The van der Waals surface area contributed by atoms with Gasteiger partial charge in [-0.2, -0.15) is 0 Å². The molecule has 2 rings (SSSR count). The molecule has 1 aromatic carbocycles. The summed E-state index contributed by atoms with van der Waals surface area (Å²) in [6, 6.07) is 2.95. The maximum absolute atomic E-state index is 13.4. The minimum Gasteiger partial charge on any atom is -0.347 e. The highest BCUT2D eigenvalue weighted by molar-refractivity contribution is 5.98. The van der Waals surface area contributed by atoms with Crippen LogP contribution in [0.4, 0.5) is 4.39 Å². The monoisotopic (exact) mass is 247 g/mol. The summed E-state index contributed by atoms with van der Waals surface area (Å²) in [4.78, 5) is 12.2. The predicted octanol–water partition coefficient (Wildman–Crippen LogP) is 3.45. The van der Waals surface area contributed by atoms with Crippen molar-refractivity contribution in [3.05, 3.63) is 41.2 Å². The highest BCUT2D eigenvalue weighted by Crippen LogP contribution is 2.31. The van der Waals surface area contributed by atoms with Crippen LogP contribution in [0.25, 0.3) is 6.08 Å². The van der Waals surface area contributed by atoms with Crippen molar-refractivity contribution < 1.29 is 9.18 Å². The second kappa shape index (κ2) is 4.56. The molecule has 1 saturated carbocycles. The van der Waals surface area contributed by atoms with Gasteiger partial charge in [0.25, 0.3) is 5.91 Å². The lowest BCUT2D eigenvalue weighted by atomic mass is 9.78. The van der Waals surface area contributed by atoms with E-state index in [1.807, 2.05) is 6.92 Å². The Morgan fingerprint density at radius 3 is 2.67 bits per heavy atom. The molecular formula is C15H18FNO. The summed E-state index contributed by atoms with van der Waals surface area (Å²) < 4.78 is 13.4. The Balaban J connectivity index is 2.29. The fourth-order valence-corrected chi connectivity index (χ4v) is 2.24. The van der Waals surface area contributed by atoms with Crippen molar-refractivity contribution >= 4 is 12.0 Å². The number of carbonyl (C=O) groups is 1. The number of nitrogens with one attached hydrogen (secondary N) is 1. The van der Waals surface area contributed by atoms with Crippen molar-refractivity contribution in [2.24, 2.45) is 0 Å². The molecule has 1 aliphatic rings. The molecule has 0 atom stereocenters. The number of rotatable bonds is 3. The van der Waals surface area contributed by atoms with Gasteiger partial charge in [-0.15, -0.1) is 0 Å². The van der Waals surface area contributed by atoms with Crippen LogP contribution in [0.3, 0.4) is 0 Å². The van der Waals surface area contributed by atoms with Crippen LogP contribution in [0.1, 0.15) is 47.7 Å². The van der Waals surface area contributed by atoms with Gasteiger partial charge in [0.15, 0.2) is 0 Å². The minimum absolute atomic E-state index is 0.0994. The molecule has 18 heavy (non-hydrogen) atoms. The number of hydrogen-bond donors (Lipinski definition) is 1. The molecule has 1 fully saturated rings. The first-order valence-corrected chi connectivity index (χ1v) is 6.20.